The molecule has 1 fully saturated rings. The molecule has 1 aliphatic rings. The number of piperazine rings is 1. The van der Waals surface area contributed by atoms with Gasteiger partial charge in [0.05, 0.1) is 17.9 Å². The molecule has 1 atom stereocenters. The fourth-order valence-electron chi connectivity index (χ4n) is 2.60. The molecule has 1 N–H and O–H groups in total. The van der Waals surface area contributed by atoms with Crippen molar-refractivity contribution >= 4 is 40.1 Å². The van der Waals surface area contributed by atoms with Crippen LogP contribution in [0.1, 0.15) is 6.42 Å². The number of rotatable bonds is 3. The van der Waals surface area contributed by atoms with Crippen molar-refractivity contribution in [1.29, 1.82) is 5.26 Å². The molecule has 2 aromatic heterocycles. The summed E-state index contributed by atoms with van der Waals surface area (Å²) in [5, 5.41) is 13.0. The van der Waals surface area contributed by atoms with Gasteiger partial charge in [-0.1, -0.05) is 23.4 Å². The zero-order valence-electron chi connectivity index (χ0n) is 12.4. The minimum absolute atomic E-state index is 0.0570. The number of fused-ring (bicyclic) bond motifs is 1. The first-order valence-electron chi connectivity index (χ1n) is 7.05. The third kappa shape index (κ3) is 3.17. The molecule has 0 aliphatic carbocycles. The van der Waals surface area contributed by atoms with Gasteiger partial charge >= 0.3 is 0 Å². The Kier molecular flexibility index (Phi) is 4.80. The summed E-state index contributed by atoms with van der Waals surface area (Å²) < 4.78 is 14.3. The molecule has 1 saturated heterocycles. The Morgan fingerprint density at radius 3 is 3.13 bits per heavy atom. The van der Waals surface area contributed by atoms with Gasteiger partial charge in [-0.25, -0.2) is 19.3 Å². The van der Waals surface area contributed by atoms with Gasteiger partial charge in [-0.05, 0) is 6.26 Å². The standard InChI is InChI=1S/C14H14ClFN6S/c1-23-14-20-11-9(6-19-12(15)10(11)16)13(21-14)22-5-4-18-8(7-22)2-3-17/h6,8,18H,2,4-5,7H2,1H3/t8-/m0/s1. The Morgan fingerprint density at radius 1 is 1.57 bits per heavy atom. The molecule has 120 valence electrons. The second-order valence-corrected chi connectivity index (χ2v) is 6.25. The highest BCUT2D eigenvalue weighted by Gasteiger charge is 2.24. The molecule has 0 radical (unpaired) electrons. The summed E-state index contributed by atoms with van der Waals surface area (Å²) in [6.45, 7) is 2.07. The number of hydrogen-bond acceptors (Lipinski definition) is 7. The molecule has 0 aromatic carbocycles. The summed E-state index contributed by atoms with van der Waals surface area (Å²) in [4.78, 5) is 14.7. The van der Waals surface area contributed by atoms with Crippen molar-refractivity contribution < 1.29 is 4.39 Å². The molecular weight excluding hydrogens is 339 g/mol. The number of anilines is 1. The van der Waals surface area contributed by atoms with E-state index < -0.39 is 5.82 Å². The lowest BCUT2D eigenvalue weighted by Gasteiger charge is -2.34. The predicted octanol–water partition coefficient (Wildman–Crippen LogP) is 2.23. The Hall–Kier alpha value is -1.69. The number of nitriles is 1. The summed E-state index contributed by atoms with van der Waals surface area (Å²) >= 11 is 7.11. The minimum Gasteiger partial charge on any atom is -0.353 e. The number of nitrogens with one attached hydrogen (secondary N) is 1. The third-order valence-corrected chi connectivity index (χ3v) is 4.49. The highest BCUT2D eigenvalue weighted by Crippen LogP contribution is 2.30. The van der Waals surface area contributed by atoms with Crippen molar-refractivity contribution in [2.45, 2.75) is 17.6 Å². The van der Waals surface area contributed by atoms with Crippen LogP contribution in [0, 0.1) is 17.1 Å². The zero-order valence-corrected chi connectivity index (χ0v) is 14.0. The van der Waals surface area contributed by atoms with Gasteiger partial charge in [0.15, 0.2) is 16.1 Å². The van der Waals surface area contributed by atoms with Crippen molar-refractivity contribution in [3.63, 3.8) is 0 Å². The van der Waals surface area contributed by atoms with Crippen molar-refractivity contribution in [1.82, 2.24) is 20.3 Å². The minimum atomic E-state index is -0.633. The molecule has 0 unspecified atom stereocenters. The van der Waals surface area contributed by atoms with Gasteiger partial charge in [-0.3, -0.25) is 0 Å². The average molecular weight is 353 g/mol. The van der Waals surface area contributed by atoms with Crippen LogP contribution < -0.4 is 10.2 Å². The molecule has 3 rings (SSSR count). The van der Waals surface area contributed by atoms with Gasteiger partial charge in [-0.15, -0.1) is 0 Å². The predicted molar refractivity (Wildman–Crippen MR) is 88.3 cm³/mol. The van der Waals surface area contributed by atoms with E-state index in [1.165, 1.54) is 18.0 Å². The zero-order chi connectivity index (χ0) is 16.4. The number of thioether (sulfide) groups is 1. The van der Waals surface area contributed by atoms with Crippen molar-refractivity contribution in [2.24, 2.45) is 0 Å². The third-order valence-electron chi connectivity index (χ3n) is 3.68. The van der Waals surface area contributed by atoms with Gasteiger partial charge in [0.2, 0.25) is 0 Å². The maximum absolute atomic E-state index is 14.3. The lowest BCUT2D eigenvalue weighted by atomic mass is 10.1. The largest absolute Gasteiger partial charge is 0.353 e. The first kappa shape index (κ1) is 16.2. The number of aromatic nitrogens is 3. The van der Waals surface area contributed by atoms with Crippen LogP contribution in [-0.4, -0.2) is 46.9 Å². The van der Waals surface area contributed by atoms with Crippen LogP contribution in [0.25, 0.3) is 10.9 Å². The lowest BCUT2D eigenvalue weighted by Crippen LogP contribution is -2.51. The number of hydrogen-bond donors (Lipinski definition) is 1. The van der Waals surface area contributed by atoms with Gasteiger partial charge in [0.1, 0.15) is 11.3 Å². The first-order chi connectivity index (χ1) is 11.1. The highest BCUT2D eigenvalue weighted by molar-refractivity contribution is 7.98. The quantitative estimate of drug-likeness (QED) is 0.515. The summed E-state index contributed by atoms with van der Waals surface area (Å²) in [6, 6.07) is 2.23. The molecule has 3 heterocycles. The molecule has 0 spiro atoms. The molecule has 0 saturated carbocycles. The van der Waals surface area contributed by atoms with Crippen LogP contribution in [0.15, 0.2) is 11.4 Å². The van der Waals surface area contributed by atoms with E-state index in [9.17, 15) is 4.39 Å². The van der Waals surface area contributed by atoms with Crippen LogP contribution in [-0.2, 0) is 0 Å². The van der Waals surface area contributed by atoms with E-state index in [2.05, 4.69) is 26.3 Å². The van der Waals surface area contributed by atoms with Crippen LogP contribution in [0.5, 0.6) is 0 Å². The van der Waals surface area contributed by atoms with Crippen LogP contribution in [0.3, 0.4) is 0 Å². The van der Waals surface area contributed by atoms with Crippen LogP contribution in [0.4, 0.5) is 10.2 Å². The smallest absolute Gasteiger partial charge is 0.189 e. The van der Waals surface area contributed by atoms with Gasteiger partial charge in [0, 0.05) is 31.9 Å². The van der Waals surface area contributed by atoms with E-state index >= 15 is 0 Å². The van der Waals surface area contributed by atoms with Gasteiger partial charge in [-0.2, -0.15) is 5.26 Å². The SMILES string of the molecule is CSc1nc(N2CCN[C@@H](CC#N)C2)c2cnc(Cl)c(F)c2n1. The highest BCUT2D eigenvalue weighted by atomic mass is 35.5. The molecule has 2 aromatic rings. The van der Waals surface area contributed by atoms with E-state index in [1.54, 1.807) is 0 Å². The number of nitrogens with zero attached hydrogens (tertiary/aromatic N) is 5. The van der Waals surface area contributed by atoms with Crippen molar-refractivity contribution in [3.05, 3.63) is 17.2 Å². The molecule has 9 heteroatoms. The fraction of sp³-hybridized carbons (Fsp3) is 0.429. The molecule has 0 bridgehead atoms. The summed E-state index contributed by atoms with van der Waals surface area (Å²) in [6.07, 6.45) is 3.75. The Balaban J connectivity index is 2.09. The van der Waals surface area contributed by atoms with Crippen molar-refractivity contribution in [2.75, 3.05) is 30.8 Å². The van der Waals surface area contributed by atoms with Crippen LogP contribution >= 0.6 is 23.4 Å². The van der Waals surface area contributed by atoms with E-state index in [0.717, 1.165) is 6.54 Å². The summed E-state index contributed by atoms with van der Waals surface area (Å²) in [5.74, 6) is -0.00122. The average Bonchev–Trinajstić information content (AvgIpc) is 2.58. The normalized spacial score (nSPS) is 18.2. The maximum Gasteiger partial charge on any atom is 0.189 e. The maximum atomic E-state index is 14.3. The Labute approximate surface area is 142 Å². The summed E-state index contributed by atoms with van der Waals surface area (Å²) in [5.41, 5.74) is 0.176. The number of pyridine rings is 1. The monoisotopic (exact) mass is 352 g/mol. The molecule has 23 heavy (non-hydrogen) atoms. The first-order valence-corrected chi connectivity index (χ1v) is 8.65. The van der Waals surface area contributed by atoms with E-state index in [0.29, 0.717) is 35.9 Å². The Morgan fingerprint density at radius 2 is 2.39 bits per heavy atom. The van der Waals surface area contributed by atoms with Gasteiger partial charge < -0.3 is 10.2 Å². The van der Waals surface area contributed by atoms with Gasteiger partial charge in [0.25, 0.3) is 0 Å². The summed E-state index contributed by atoms with van der Waals surface area (Å²) in [7, 11) is 0. The lowest BCUT2D eigenvalue weighted by molar-refractivity contribution is 0.460. The Bertz CT molecular complexity index is 780. The molecule has 1 aliphatic heterocycles. The van der Waals surface area contributed by atoms with E-state index in [1.807, 2.05) is 11.2 Å². The second-order valence-electron chi connectivity index (χ2n) is 5.12. The molecule has 6 nitrogen and oxygen atoms in total. The topological polar surface area (TPSA) is 77.7 Å². The van der Waals surface area contributed by atoms with E-state index in [-0.39, 0.29) is 16.7 Å². The molecular formula is C14H14ClFN6S. The van der Waals surface area contributed by atoms with E-state index in [4.69, 9.17) is 16.9 Å². The van der Waals surface area contributed by atoms with Crippen molar-refractivity contribution in [3.8, 4) is 6.07 Å². The fourth-order valence-corrected chi connectivity index (χ4v) is 3.10. The van der Waals surface area contributed by atoms with Crippen LogP contribution in [0.2, 0.25) is 5.15 Å². The number of halogens is 2. The molecule has 0 amide bonds. The second kappa shape index (κ2) is 6.83.